The predicted octanol–water partition coefficient (Wildman–Crippen LogP) is 1.98. The van der Waals surface area contributed by atoms with Gasteiger partial charge in [0.1, 0.15) is 5.82 Å². The van der Waals surface area contributed by atoms with Crippen molar-refractivity contribution in [3.8, 4) is 0 Å². The van der Waals surface area contributed by atoms with Crippen LogP contribution in [-0.2, 0) is 11.3 Å². The van der Waals surface area contributed by atoms with Crippen molar-refractivity contribution in [2.24, 2.45) is 0 Å². The van der Waals surface area contributed by atoms with Crippen molar-refractivity contribution in [3.63, 3.8) is 0 Å². The van der Waals surface area contributed by atoms with Crippen LogP contribution in [0.15, 0.2) is 12.4 Å². The molecule has 1 aliphatic rings. The number of rotatable bonds is 4. The maximum Gasteiger partial charge on any atom is 0.147 e. The molecule has 20 heavy (non-hydrogen) atoms. The van der Waals surface area contributed by atoms with Gasteiger partial charge in [-0.3, -0.25) is 4.98 Å². The van der Waals surface area contributed by atoms with Gasteiger partial charge in [0.2, 0.25) is 0 Å². The molecule has 1 saturated heterocycles. The van der Waals surface area contributed by atoms with Crippen LogP contribution in [-0.4, -0.2) is 41.8 Å². The molecule has 0 aliphatic carbocycles. The molecule has 5 nitrogen and oxygen atoms in total. The average Bonchev–Trinajstić information content (AvgIpc) is 2.45. The van der Waals surface area contributed by atoms with Crippen molar-refractivity contribution in [3.05, 3.63) is 18.1 Å². The summed E-state index contributed by atoms with van der Waals surface area (Å²) < 4.78 is 5.39. The Labute approximate surface area is 121 Å². The third kappa shape index (κ3) is 4.42. The third-order valence-corrected chi connectivity index (χ3v) is 3.59. The fraction of sp³-hybridized carbons (Fsp3) is 0.733. The van der Waals surface area contributed by atoms with Crippen LogP contribution in [0.2, 0.25) is 0 Å². The highest BCUT2D eigenvalue weighted by Crippen LogP contribution is 2.18. The maximum atomic E-state index is 5.39. The van der Waals surface area contributed by atoms with Crippen LogP contribution in [0.4, 0.5) is 5.82 Å². The van der Waals surface area contributed by atoms with E-state index in [1.54, 1.807) is 7.11 Å². The van der Waals surface area contributed by atoms with Crippen LogP contribution in [0, 0.1) is 0 Å². The molecule has 112 valence electrons. The fourth-order valence-corrected chi connectivity index (χ4v) is 2.28. The van der Waals surface area contributed by atoms with Crippen LogP contribution in [0.1, 0.15) is 39.3 Å². The largest absolute Gasteiger partial charge is 0.381 e. The van der Waals surface area contributed by atoms with Crippen LogP contribution in [0.5, 0.6) is 0 Å². The molecular weight excluding hydrogens is 252 g/mol. The normalized spacial score (nSPS) is 17.5. The molecule has 0 atom stereocenters. The van der Waals surface area contributed by atoms with Crippen molar-refractivity contribution < 1.29 is 4.74 Å². The summed E-state index contributed by atoms with van der Waals surface area (Å²) in [4.78, 5) is 11.3. The Morgan fingerprint density at radius 2 is 1.95 bits per heavy atom. The van der Waals surface area contributed by atoms with E-state index in [4.69, 9.17) is 4.74 Å². The fourth-order valence-electron chi connectivity index (χ4n) is 2.28. The lowest BCUT2D eigenvalue weighted by molar-refractivity contribution is 0.0818. The summed E-state index contributed by atoms with van der Waals surface area (Å²) in [5.41, 5.74) is 1.08. The zero-order chi connectivity index (χ0) is 14.6. The van der Waals surface area contributed by atoms with Gasteiger partial charge in [-0.05, 0) is 33.6 Å². The van der Waals surface area contributed by atoms with Crippen molar-refractivity contribution >= 4 is 5.82 Å². The molecule has 0 aromatic carbocycles. The van der Waals surface area contributed by atoms with E-state index in [-0.39, 0.29) is 5.54 Å². The summed E-state index contributed by atoms with van der Waals surface area (Å²) >= 11 is 0. The minimum Gasteiger partial charge on any atom is -0.381 e. The third-order valence-electron chi connectivity index (χ3n) is 3.59. The number of aromatic nitrogens is 2. The molecule has 0 saturated carbocycles. The van der Waals surface area contributed by atoms with E-state index in [0.717, 1.165) is 44.0 Å². The number of anilines is 1. The second kappa shape index (κ2) is 6.50. The van der Waals surface area contributed by atoms with Gasteiger partial charge >= 0.3 is 0 Å². The number of methoxy groups -OCH3 is 1. The van der Waals surface area contributed by atoms with Gasteiger partial charge in [0.15, 0.2) is 0 Å². The lowest BCUT2D eigenvalue weighted by atomic mass is 10.1. The minimum absolute atomic E-state index is 0.0996. The summed E-state index contributed by atoms with van der Waals surface area (Å²) in [6, 6.07) is 0. The first-order valence-corrected chi connectivity index (χ1v) is 7.31. The van der Waals surface area contributed by atoms with Gasteiger partial charge in [0.05, 0.1) is 24.2 Å². The Kier molecular flexibility index (Phi) is 4.94. The number of hydrogen-bond acceptors (Lipinski definition) is 5. The van der Waals surface area contributed by atoms with Crippen LogP contribution >= 0.6 is 0 Å². The Bertz CT molecular complexity index is 405. The second-order valence-electron chi connectivity index (χ2n) is 6.39. The first kappa shape index (κ1) is 15.2. The van der Waals surface area contributed by atoms with Crippen molar-refractivity contribution in [2.45, 2.75) is 51.8 Å². The first-order chi connectivity index (χ1) is 9.48. The zero-order valence-electron chi connectivity index (χ0n) is 13.0. The monoisotopic (exact) mass is 278 g/mol. The van der Waals surface area contributed by atoms with Gasteiger partial charge in [-0.2, -0.15) is 0 Å². The lowest BCUT2D eigenvalue weighted by Crippen LogP contribution is -2.37. The first-order valence-electron chi connectivity index (χ1n) is 7.31. The summed E-state index contributed by atoms with van der Waals surface area (Å²) in [6.07, 6.45) is 6.27. The molecular formula is C15H26N4O. The molecule has 1 aromatic heterocycles. The maximum absolute atomic E-state index is 5.39. The zero-order valence-corrected chi connectivity index (χ0v) is 13.0. The van der Waals surface area contributed by atoms with E-state index >= 15 is 0 Å². The summed E-state index contributed by atoms with van der Waals surface area (Å²) in [6.45, 7) is 9.18. The SMILES string of the molecule is COC1CCN(c2cnc(CNC(C)(C)C)cn2)CC1. The Balaban J connectivity index is 1.88. The smallest absolute Gasteiger partial charge is 0.147 e. The summed E-state index contributed by atoms with van der Waals surface area (Å²) in [7, 11) is 1.79. The van der Waals surface area contributed by atoms with E-state index in [9.17, 15) is 0 Å². The Hall–Kier alpha value is -1.20. The Morgan fingerprint density at radius 1 is 1.25 bits per heavy atom. The highest BCUT2D eigenvalue weighted by Gasteiger charge is 2.19. The van der Waals surface area contributed by atoms with Crippen LogP contribution in [0.3, 0.4) is 0 Å². The molecule has 0 radical (unpaired) electrons. The van der Waals surface area contributed by atoms with Gasteiger partial charge in [-0.15, -0.1) is 0 Å². The molecule has 0 spiro atoms. The average molecular weight is 278 g/mol. The molecule has 0 unspecified atom stereocenters. The highest BCUT2D eigenvalue weighted by molar-refractivity contribution is 5.36. The molecule has 5 heteroatoms. The topological polar surface area (TPSA) is 50.3 Å². The van der Waals surface area contributed by atoms with Gasteiger partial charge in [0, 0.05) is 32.3 Å². The van der Waals surface area contributed by atoms with Gasteiger partial charge < -0.3 is 15.0 Å². The van der Waals surface area contributed by atoms with Gasteiger partial charge in [-0.1, -0.05) is 0 Å². The predicted molar refractivity (Wildman–Crippen MR) is 80.9 cm³/mol. The van der Waals surface area contributed by atoms with Gasteiger partial charge in [-0.25, -0.2) is 4.98 Å². The summed E-state index contributed by atoms with van der Waals surface area (Å²) in [5, 5.41) is 3.42. The number of nitrogens with one attached hydrogen (secondary N) is 1. The van der Waals surface area contributed by atoms with E-state index in [1.165, 1.54) is 0 Å². The minimum atomic E-state index is 0.0996. The van der Waals surface area contributed by atoms with Gasteiger partial charge in [0.25, 0.3) is 0 Å². The lowest BCUT2D eigenvalue weighted by Gasteiger charge is -2.31. The van der Waals surface area contributed by atoms with Crippen molar-refractivity contribution in [2.75, 3.05) is 25.1 Å². The number of piperidine rings is 1. The van der Waals surface area contributed by atoms with Crippen LogP contribution < -0.4 is 10.2 Å². The molecule has 1 fully saturated rings. The molecule has 1 N–H and O–H groups in total. The quantitative estimate of drug-likeness (QED) is 0.912. The number of ether oxygens (including phenoxy) is 1. The van der Waals surface area contributed by atoms with Crippen LogP contribution in [0.25, 0.3) is 0 Å². The molecule has 0 bridgehead atoms. The van der Waals surface area contributed by atoms with E-state index in [0.29, 0.717) is 6.10 Å². The Morgan fingerprint density at radius 3 is 2.45 bits per heavy atom. The number of hydrogen-bond donors (Lipinski definition) is 1. The second-order valence-corrected chi connectivity index (χ2v) is 6.39. The number of nitrogens with zero attached hydrogens (tertiary/aromatic N) is 3. The molecule has 0 amide bonds. The molecule has 2 rings (SSSR count). The molecule has 1 aliphatic heterocycles. The van der Waals surface area contributed by atoms with Crippen molar-refractivity contribution in [1.29, 1.82) is 0 Å². The highest BCUT2D eigenvalue weighted by atomic mass is 16.5. The van der Waals surface area contributed by atoms with Crippen molar-refractivity contribution in [1.82, 2.24) is 15.3 Å². The molecule has 1 aromatic rings. The van der Waals surface area contributed by atoms with E-state index < -0.39 is 0 Å². The van der Waals surface area contributed by atoms with E-state index in [1.807, 2.05) is 12.4 Å². The van der Waals surface area contributed by atoms with E-state index in [2.05, 4.69) is 41.0 Å². The molecule has 2 heterocycles. The summed E-state index contributed by atoms with van der Waals surface area (Å²) in [5.74, 6) is 0.971. The standard InChI is InChI=1S/C15H26N4O/c1-15(2,3)18-10-12-9-17-14(11-16-12)19-7-5-13(20-4)6-8-19/h9,11,13,18H,5-8,10H2,1-4H3.